The minimum atomic E-state index is -0.515. The maximum Gasteiger partial charge on any atom is 0.344 e. The summed E-state index contributed by atoms with van der Waals surface area (Å²) in [5, 5.41) is 5.13. The number of carbonyl (C=O) groups excluding carboxylic acids is 1. The Balaban J connectivity index is 1.75. The Morgan fingerprint density at radius 3 is 2.53 bits per heavy atom. The lowest BCUT2D eigenvalue weighted by atomic mass is 10.2. The highest BCUT2D eigenvalue weighted by Gasteiger charge is 2.16. The lowest BCUT2D eigenvalue weighted by Gasteiger charge is -2.14. The number of fused-ring (bicyclic) bond motifs is 1. The molecule has 4 aromatic rings. The van der Waals surface area contributed by atoms with Crippen molar-refractivity contribution >= 4 is 34.7 Å². The van der Waals surface area contributed by atoms with Crippen LogP contribution in [0.1, 0.15) is 19.4 Å². The third-order valence-electron chi connectivity index (χ3n) is 5.08. The van der Waals surface area contributed by atoms with E-state index in [1.165, 1.54) is 10.9 Å². The molecule has 0 N–H and O–H groups in total. The Morgan fingerprint density at radius 2 is 1.78 bits per heavy atom. The van der Waals surface area contributed by atoms with E-state index in [0.29, 0.717) is 34.6 Å². The molecule has 0 radical (unpaired) electrons. The highest BCUT2D eigenvalue weighted by Crippen LogP contribution is 2.36. The first-order valence-corrected chi connectivity index (χ1v) is 11.8. The molecular formula is C27H24ClN3O5. The van der Waals surface area contributed by atoms with Crippen LogP contribution in [0.4, 0.5) is 0 Å². The van der Waals surface area contributed by atoms with E-state index in [2.05, 4.69) is 10.1 Å². The van der Waals surface area contributed by atoms with Crippen LogP contribution in [0.15, 0.2) is 76.6 Å². The fourth-order valence-corrected chi connectivity index (χ4v) is 3.80. The minimum absolute atomic E-state index is 0.221. The number of halogens is 1. The maximum atomic E-state index is 13.3. The van der Waals surface area contributed by atoms with Gasteiger partial charge in [0.15, 0.2) is 23.9 Å². The van der Waals surface area contributed by atoms with Gasteiger partial charge in [-0.05, 0) is 43.7 Å². The van der Waals surface area contributed by atoms with E-state index >= 15 is 0 Å². The molecule has 0 bridgehead atoms. The van der Waals surface area contributed by atoms with E-state index in [0.717, 1.165) is 5.56 Å². The first-order chi connectivity index (χ1) is 17.5. The minimum Gasteiger partial charge on any atom is -0.490 e. The Hall–Kier alpha value is -4.17. The van der Waals surface area contributed by atoms with E-state index in [-0.39, 0.29) is 29.5 Å². The van der Waals surface area contributed by atoms with Crippen LogP contribution in [0.2, 0.25) is 5.02 Å². The van der Waals surface area contributed by atoms with Crippen molar-refractivity contribution in [2.24, 2.45) is 5.10 Å². The second-order valence-electron chi connectivity index (χ2n) is 7.54. The van der Waals surface area contributed by atoms with Crippen molar-refractivity contribution in [1.82, 2.24) is 9.66 Å². The molecule has 0 aliphatic carbocycles. The summed E-state index contributed by atoms with van der Waals surface area (Å²) in [7, 11) is 0. The van der Waals surface area contributed by atoms with Crippen LogP contribution < -0.4 is 15.0 Å². The molecule has 1 aromatic heterocycles. The molecular weight excluding hydrogens is 482 g/mol. The smallest absolute Gasteiger partial charge is 0.344 e. The van der Waals surface area contributed by atoms with Crippen molar-refractivity contribution in [2.75, 3.05) is 19.8 Å². The summed E-state index contributed by atoms with van der Waals surface area (Å²) in [6.07, 6.45) is 1.49. The van der Waals surface area contributed by atoms with E-state index in [1.807, 2.05) is 43.3 Å². The van der Waals surface area contributed by atoms with Gasteiger partial charge in [0.25, 0.3) is 5.56 Å². The van der Waals surface area contributed by atoms with Crippen LogP contribution in [-0.4, -0.2) is 41.7 Å². The zero-order valence-electron chi connectivity index (χ0n) is 19.8. The van der Waals surface area contributed by atoms with Crippen molar-refractivity contribution in [3.8, 4) is 22.9 Å². The van der Waals surface area contributed by atoms with E-state index in [9.17, 15) is 9.59 Å². The molecule has 3 aromatic carbocycles. The summed E-state index contributed by atoms with van der Waals surface area (Å²) < 4.78 is 17.4. The number of hydrogen-bond donors (Lipinski definition) is 0. The first kappa shape index (κ1) is 24.9. The van der Waals surface area contributed by atoms with E-state index in [1.54, 1.807) is 37.3 Å². The Labute approximate surface area is 212 Å². The quantitative estimate of drug-likeness (QED) is 0.236. The lowest BCUT2D eigenvalue weighted by molar-refractivity contribution is -0.145. The van der Waals surface area contributed by atoms with Crippen LogP contribution in [0.25, 0.3) is 22.3 Å². The number of para-hydroxylation sites is 1. The topological polar surface area (TPSA) is 92.0 Å². The Bertz CT molecular complexity index is 1470. The fourth-order valence-electron chi connectivity index (χ4n) is 3.53. The Morgan fingerprint density at radius 1 is 1.03 bits per heavy atom. The molecule has 0 spiro atoms. The van der Waals surface area contributed by atoms with Crippen LogP contribution in [-0.2, 0) is 9.53 Å². The van der Waals surface area contributed by atoms with Crippen LogP contribution >= 0.6 is 11.6 Å². The highest BCUT2D eigenvalue weighted by atomic mass is 35.5. The van der Waals surface area contributed by atoms with Gasteiger partial charge in [-0.3, -0.25) is 4.79 Å². The second kappa shape index (κ2) is 11.5. The molecule has 0 fully saturated rings. The number of nitrogens with zero attached hydrogens (tertiary/aromatic N) is 3. The van der Waals surface area contributed by atoms with Gasteiger partial charge in [0.05, 0.1) is 35.4 Å². The molecule has 0 atom stereocenters. The molecule has 0 amide bonds. The number of benzene rings is 3. The normalized spacial score (nSPS) is 11.1. The van der Waals surface area contributed by atoms with Gasteiger partial charge < -0.3 is 14.2 Å². The van der Waals surface area contributed by atoms with E-state index in [4.69, 9.17) is 25.8 Å². The molecule has 8 nitrogen and oxygen atoms in total. The van der Waals surface area contributed by atoms with Crippen LogP contribution in [0, 0.1) is 0 Å². The third kappa shape index (κ3) is 5.55. The molecule has 9 heteroatoms. The number of hydrogen-bond acceptors (Lipinski definition) is 7. The number of carbonyl (C=O) groups is 1. The monoisotopic (exact) mass is 505 g/mol. The number of esters is 1. The standard InChI is InChI=1S/C27H24ClN3O5/c1-3-34-23-15-18(14-21(28)25(23)36-17-24(32)35-4-2)16-29-31-26(19-10-6-5-7-11-19)30-22-13-9-8-12-20(22)27(31)33/h5-16H,3-4,17H2,1-2H3. The fraction of sp³-hybridized carbons (Fsp3) is 0.185. The predicted octanol–water partition coefficient (Wildman–Crippen LogP) is 4.94. The lowest BCUT2D eigenvalue weighted by Crippen LogP contribution is -2.20. The molecule has 1 heterocycles. The summed E-state index contributed by atoms with van der Waals surface area (Å²) in [6.45, 7) is 3.82. The zero-order chi connectivity index (χ0) is 25.5. The number of rotatable bonds is 9. The number of ether oxygens (including phenoxy) is 3. The SMILES string of the molecule is CCOC(=O)COc1c(Cl)cc(C=Nn2c(-c3ccccc3)nc3ccccc3c2=O)cc1OCC. The molecule has 0 unspecified atom stereocenters. The highest BCUT2D eigenvalue weighted by molar-refractivity contribution is 6.32. The third-order valence-corrected chi connectivity index (χ3v) is 5.36. The van der Waals surface area contributed by atoms with Crippen LogP contribution in [0.3, 0.4) is 0 Å². The summed E-state index contributed by atoms with van der Waals surface area (Å²) in [5.74, 6) is 0.445. The zero-order valence-corrected chi connectivity index (χ0v) is 20.6. The van der Waals surface area contributed by atoms with Gasteiger partial charge in [-0.15, -0.1) is 0 Å². The second-order valence-corrected chi connectivity index (χ2v) is 7.94. The van der Waals surface area contributed by atoms with Gasteiger partial charge in [0.2, 0.25) is 0 Å². The van der Waals surface area contributed by atoms with Gasteiger partial charge in [0.1, 0.15) is 0 Å². The van der Waals surface area contributed by atoms with Gasteiger partial charge in [-0.2, -0.15) is 9.78 Å². The van der Waals surface area contributed by atoms with Gasteiger partial charge in [0, 0.05) is 5.56 Å². The molecule has 0 saturated carbocycles. The molecule has 0 saturated heterocycles. The summed E-state index contributed by atoms with van der Waals surface area (Å²) in [5.41, 5.74) is 1.58. The van der Waals surface area contributed by atoms with Crippen molar-refractivity contribution in [3.05, 3.63) is 87.7 Å². The molecule has 0 aliphatic heterocycles. The van der Waals surface area contributed by atoms with Crippen molar-refractivity contribution in [3.63, 3.8) is 0 Å². The van der Waals surface area contributed by atoms with Crippen molar-refractivity contribution < 1.29 is 19.0 Å². The largest absolute Gasteiger partial charge is 0.490 e. The van der Waals surface area contributed by atoms with Crippen molar-refractivity contribution in [2.45, 2.75) is 13.8 Å². The Kier molecular flexibility index (Phi) is 7.97. The average Bonchev–Trinajstić information content (AvgIpc) is 2.88. The molecule has 184 valence electrons. The predicted molar refractivity (Wildman–Crippen MR) is 139 cm³/mol. The summed E-state index contributed by atoms with van der Waals surface area (Å²) >= 11 is 6.45. The van der Waals surface area contributed by atoms with Crippen LogP contribution in [0.5, 0.6) is 11.5 Å². The van der Waals surface area contributed by atoms with E-state index < -0.39 is 5.97 Å². The van der Waals surface area contributed by atoms with Gasteiger partial charge in [-0.25, -0.2) is 9.78 Å². The van der Waals surface area contributed by atoms with Gasteiger partial charge >= 0.3 is 5.97 Å². The number of aromatic nitrogens is 2. The maximum absolute atomic E-state index is 13.3. The van der Waals surface area contributed by atoms with Gasteiger partial charge in [-0.1, -0.05) is 54.1 Å². The first-order valence-electron chi connectivity index (χ1n) is 11.4. The van der Waals surface area contributed by atoms with Crippen molar-refractivity contribution in [1.29, 1.82) is 0 Å². The summed E-state index contributed by atoms with van der Waals surface area (Å²) in [6, 6.07) is 19.7. The summed E-state index contributed by atoms with van der Waals surface area (Å²) in [4.78, 5) is 29.7. The average molecular weight is 506 g/mol. The molecule has 4 rings (SSSR count). The molecule has 0 aliphatic rings. The molecule has 36 heavy (non-hydrogen) atoms.